The Morgan fingerprint density at radius 1 is 1.20 bits per heavy atom. The van der Waals surface area contributed by atoms with Gasteiger partial charge in [0.1, 0.15) is 0 Å². The molecule has 0 amide bonds. The molecule has 4 nitrogen and oxygen atoms in total. The number of alkyl halides is 2. The van der Waals surface area contributed by atoms with Crippen molar-refractivity contribution in [2.75, 3.05) is 0 Å². The molecule has 0 bridgehead atoms. The van der Waals surface area contributed by atoms with Gasteiger partial charge in [-0.15, -0.1) is 0 Å². The molecule has 1 aromatic heterocycles. The van der Waals surface area contributed by atoms with Crippen molar-refractivity contribution < 1.29 is 22.8 Å². The van der Waals surface area contributed by atoms with E-state index in [2.05, 4.69) is 9.72 Å². The quantitative estimate of drug-likeness (QED) is 0.799. The molecule has 110 valence electrons. The summed E-state index contributed by atoms with van der Waals surface area (Å²) < 4.78 is 40.6. The minimum atomic E-state index is -2.91. The van der Waals surface area contributed by atoms with Gasteiger partial charge < -0.3 is 14.0 Å². The van der Waals surface area contributed by atoms with Gasteiger partial charge in [0.25, 0.3) is 0 Å². The third-order valence-corrected chi connectivity index (χ3v) is 3.84. The minimum Gasteiger partial charge on any atom is -0.417 e. The molecule has 20 heavy (non-hydrogen) atoms. The van der Waals surface area contributed by atoms with Crippen LogP contribution in [0.25, 0.3) is 0 Å². The van der Waals surface area contributed by atoms with E-state index in [1.165, 1.54) is 12.3 Å². The van der Waals surface area contributed by atoms with Crippen LogP contribution in [0.5, 0.6) is 5.88 Å². The number of ether oxygens (including phenoxy) is 1. The van der Waals surface area contributed by atoms with Crippen molar-refractivity contribution in [2.45, 2.75) is 52.4 Å². The maximum atomic E-state index is 12.3. The number of rotatable bonds is 3. The Morgan fingerprint density at radius 3 is 2.25 bits per heavy atom. The molecule has 1 aromatic rings. The zero-order valence-electron chi connectivity index (χ0n) is 12.2. The Morgan fingerprint density at radius 2 is 1.75 bits per heavy atom. The standard InChI is InChI=1S/C13H18BF2NO3/c1-8-7-17-10(18-11(15)16)6-9(8)14-19-12(2,3)13(4,5)20-14/h6-7,11H,1-5H3. The second-order valence-electron chi connectivity index (χ2n) is 5.85. The summed E-state index contributed by atoms with van der Waals surface area (Å²) in [7, 11) is -0.622. The van der Waals surface area contributed by atoms with E-state index in [4.69, 9.17) is 9.31 Å². The van der Waals surface area contributed by atoms with Crippen LogP contribution < -0.4 is 10.2 Å². The summed E-state index contributed by atoms with van der Waals surface area (Å²) in [5.74, 6) is -0.143. The summed E-state index contributed by atoms with van der Waals surface area (Å²) >= 11 is 0. The van der Waals surface area contributed by atoms with Gasteiger partial charge in [-0.2, -0.15) is 8.78 Å². The topological polar surface area (TPSA) is 40.6 Å². The molecule has 0 spiro atoms. The van der Waals surface area contributed by atoms with Crippen LogP contribution in [0.15, 0.2) is 12.3 Å². The molecule has 1 saturated heterocycles. The van der Waals surface area contributed by atoms with Crippen molar-refractivity contribution in [3.63, 3.8) is 0 Å². The van der Waals surface area contributed by atoms with E-state index in [1.54, 1.807) is 0 Å². The summed E-state index contributed by atoms with van der Waals surface area (Å²) in [5, 5.41) is 0. The Bertz CT molecular complexity index is 492. The van der Waals surface area contributed by atoms with Gasteiger partial charge in [-0.3, -0.25) is 0 Å². The van der Waals surface area contributed by atoms with Crippen LogP contribution in [-0.4, -0.2) is 29.9 Å². The number of nitrogens with zero attached hydrogens (tertiary/aromatic N) is 1. The molecular weight excluding hydrogens is 267 g/mol. The van der Waals surface area contributed by atoms with Gasteiger partial charge in [-0.1, -0.05) is 0 Å². The molecule has 1 fully saturated rings. The minimum absolute atomic E-state index is 0.143. The number of hydrogen-bond donors (Lipinski definition) is 0. The third-order valence-electron chi connectivity index (χ3n) is 3.84. The molecule has 0 aliphatic carbocycles. The summed E-state index contributed by atoms with van der Waals surface area (Å²) in [6.45, 7) is 6.64. The summed E-state index contributed by atoms with van der Waals surface area (Å²) in [4.78, 5) is 3.81. The van der Waals surface area contributed by atoms with Gasteiger partial charge >= 0.3 is 13.7 Å². The van der Waals surface area contributed by atoms with Gasteiger partial charge in [0, 0.05) is 12.3 Å². The molecule has 0 N–H and O–H groups in total. The lowest BCUT2D eigenvalue weighted by molar-refractivity contribution is -0.0528. The zero-order chi connectivity index (χ0) is 15.1. The first-order valence-corrected chi connectivity index (χ1v) is 6.39. The average molecular weight is 285 g/mol. The molecular formula is C13H18BF2NO3. The van der Waals surface area contributed by atoms with Gasteiger partial charge in [0.2, 0.25) is 5.88 Å². The van der Waals surface area contributed by atoms with Crippen LogP contribution in [0, 0.1) is 6.92 Å². The van der Waals surface area contributed by atoms with Crippen LogP contribution in [0.3, 0.4) is 0 Å². The fourth-order valence-corrected chi connectivity index (χ4v) is 1.90. The number of hydrogen-bond acceptors (Lipinski definition) is 4. The first-order chi connectivity index (χ1) is 9.12. The lowest BCUT2D eigenvalue weighted by Gasteiger charge is -2.32. The summed E-state index contributed by atoms with van der Waals surface area (Å²) in [6, 6.07) is 1.43. The van der Waals surface area contributed by atoms with Crippen molar-refractivity contribution in [1.29, 1.82) is 0 Å². The second kappa shape index (κ2) is 4.97. The first-order valence-electron chi connectivity index (χ1n) is 6.39. The Balaban J connectivity index is 2.30. The molecule has 2 heterocycles. The predicted molar refractivity (Wildman–Crippen MR) is 71.3 cm³/mol. The predicted octanol–water partition coefficient (Wildman–Crippen LogP) is 2.29. The first kappa shape index (κ1) is 15.2. The molecule has 2 rings (SSSR count). The highest BCUT2D eigenvalue weighted by Crippen LogP contribution is 2.36. The molecule has 0 unspecified atom stereocenters. The summed E-state index contributed by atoms with van der Waals surface area (Å²) in [6.07, 6.45) is 1.47. The molecule has 0 radical (unpaired) electrons. The number of aryl methyl sites for hydroxylation is 1. The van der Waals surface area contributed by atoms with Gasteiger partial charge in [-0.25, -0.2) is 4.98 Å². The van der Waals surface area contributed by atoms with Gasteiger partial charge in [0.15, 0.2) is 0 Å². The van der Waals surface area contributed by atoms with E-state index in [0.29, 0.717) is 5.46 Å². The van der Waals surface area contributed by atoms with Gasteiger partial charge in [0.05, 0.1) is 11.2 Å². The molecule has 0 atom stereocenters. The lowest BCUT2D eigenvalue weighted by atomic mass is 9.77. The van der Waals surface area contributed by atoms with E-state index >= 15 is 0 Å². The highest BCUT2D eigenvalue weighted by Gasteiger charge is 2.52. The van der Waals surface area contributed by atoms with Crippen LogP contribution in [0.2, 0.25) is 0 Å². The monoisotopic (exact) mass is 285 g/mol. The Kier molecular flexibility index (Phi) is 3.77. The second-order valence-corrected chi connectivity index (χ2v) is 5.85. The van der Waals surface area contributed by atoms with Crippen molar-refractivity contribution in [3.8, 4) is 5.88 Å². The van der Waals surface area contributed by atoms with E-state index in [-0.39, 0.29) is 5.88 Å². The maximum absolute atomic E-state index is 12.3. The average Bonchev–Trinajstić information content (AvgIpc) is 2.50. The van der Waals surface area contributed by atoms with E-state index in [9.17, 15) is 8.78 Å². The molecule has 7 heteroatoms. The van der Waals surface area contributed by atoms with Crippen molar-refractivity contribution in [1.82, 2.24) is 4.98 Å². The number of aromatic nitrogens is 1. The molecule has 0 saturated carbocycles. The fourth-order valence-electron chi connectivity index (χ4n) is 1.90. The number of halogens is 2. The summed E-state index contributed by atoms with van der Waals surface area (Å²) in [5.41, 5.74) is 0.466. The Hall–Kier alpha value is -1.21. The largest absolute Gasteiger partial charge is 0.495 e. The maximum Gasteiger partial charge on any atom is 0.495 e. The Labute approximate surface area is 117 Å². The van der Waals surface area contributed by atoms with Crippen molar-refractivity contribution >= 4 is 12.6 Å². The highest BCUT2D eigenvalue weighted by molar-refractivity contribution is 6.62. The third kappa shape index (κ3) is 2.78. The van der Waals surface area contributed by atoms with E-state index in [1.807, 2.05) is 34.6 Å². The van der Waals surface area contributed by atoms with Crippen molar-refractivity contribution in [2.24, 2.45) is 0 Å². The lowest BCUT2D eigenvalue weighted by Crippen LogP contribution is -2.41. The fraction of sp³-hybridized carbons (Fsp3) is 0.615. The van der Waals surface area contributed by atoms with E-state index in [0.717, 1.165) is 5.56 Å². The zero-order valence-corrected chi connectivity index (χ0v) is 12.2. The number of pyridine rings is 1. The SMILES string of the molecule is Cc1cnc(OC(F)F)cc1B1OC(C)(C)C(C)(C)O1. The van der Waals surface area contributed by atoms with Gasteiger partial charge in [-0.05, 0) is 45.6 Å². The van der Waals surface area contributed by atoms with Crippen LogP contribution in [-0.2, 0) is 9.31 Å². The molecule has 0 aromatic carbocycles. The van der Waals surface area contributed by atoms with E-state index < -0.39 is 24.9 Å². The van der Waals surface area contributed by atoms with Crippen LogP contribution in [0.1, 0.15) is 33.3 Å². The smallest absolute Gasteiger partial charge is 0.417 e. The van der Waals surface area contributed by atoms with Crippen LogP contribution in [0.4, 0.5) is 8.78 Å². The van der Waals surface area contributed by atoms with Crippen molar-refractivity contribution in [3.05, 3.63) is 17.8 Å². The normalized spacial score (nSPS) is 20.5. The van der Waals surface area contributed by atoms with Crippen LogP contribution >= 0.6 is 0 Å². The molecule has 1 aliphatic rings. The highest BCUT2D eigenvalue weighted by atomic mass is 19.3. The molecule has 1 aliphatic heterocycles.